The normalized spacial score (nSPS) is 12.5. The van der Waals surface area contributed by atoms with E-state index >= 15 is 0 Å². The number of rotatable bonds is 9. The molecule has 0 aromatic heterocycles. The van der Waals surface area contributed by atoms with Gasteiger partial charge >= 0.3 is 0 Å². The van der Waals surface area contributed by atoms with Crippen molar-refractivity contribution in [2.75, 3.05) is 10.8 Å². The molecular formula is C28H31ClFN3O4S. The monoisotopic (exact) mass is 559 g/mol. The number of amides is 2. The molecule has 3 aromatic carbocycles. The van der Waals surface area contributed by atoms with Crippen LogP contribution in [0.1, 0.15) is 33.3 Å². The summed E-state index contributed by atoms with van der Waals surface area (Å²) in [5.74, 6) is -1.57. The summed E-state index contributed by atoms with van der Waals surface area (Å²) in [4.78, 5) is 28.2. The maximum Gasteiger partial charge on any atom is 0.264 e. The van der Waals surface area contributed by atoms with Crippen LogP contribution in [0.2, 0.25) is 5.02 Å². The van der Waals surface area contributed by atoms with E-state index in [-0.39, 0.29) is 17.1 Å². The number of nitrogens with one attached hydrogen (secondary N) is 1. The Morgan fingerprint density at radius 3 is 2.18 bits per heavy atom. The van der Waals surface area contributed by atoms with E-state index in [1.807, 2.05) is 20.8 Å². The molecule has 0 saturated heterocycles. The zero-order valence-electron chi connectivity index (χ0n) is 21.7. The van der Waals surface area contributed by atoms with E-state index in [2.05, 4.69) is 5.32 Å². The zero-order chi connectivity index (χ0) is 28.1. The van der Waals surface area contributed by atoms with Gasteiger partial charge in [-0.15, -0.1) is 0 Å². The molecule has 1 atom stereocenters. The Morgan fingerprint density at radius 2 is 1.61 bits per heavy atom. The third kappa shape index (κ3) is 7.55. The maximum absolute atomic E-state index is 13.8. The van der Waals surface area contributed by atoms with Crippen molar-refractivity contribution in [3.05, 3.63) is 95.3 Å². The average molecular weight is 560 g/mol. The summed E-state index contributed by atoms with van der Waals surface area (Å²) in [6, 6.07) is 18.4. The molecule has 1 N–H and O–H groups in total. The van der Waals surface area contributed by atoms with Crippen LogP contribution in [0.5, 0.6) is 0 Å². The van der Waals surface area contributed by atoms with E-state index in [0.29, 0.717) is 10.6 Å². The number of nitrogens with zero attached hydrogens (tertiary/aromatic N) is 2. The molecule has 0 bridgehead atoms. The van der Waals surface area contributed by atoms with E-state index in [1.165, 1.54) is 29.2 Å². The second-order valence-corrected chi connectivity index (χ2v) is 12.2. The Bertz CT molecular complexity index is 1380. The van der Waals surface area contributed by atoms with Gasteiger partial charge < -0.3 is 10.2 Å². The van der Waals surface area contributed by atoms with Crippen LogP contribution >= 0.6 is 11.6 Å². The molecule has 0 spiro atoms. The molecular weight excluding hydrogens is 529 g/mol. The van der Waals surface area contributed by atoms with E-state index in [0.717, 1.165) is 16.4 Å². The van der Waals surface area contributed by atoms with E-state index in [1.54, 1.807) is 49.4 Å². The van der Waals surface area contributed by atoms with Crippen molar-refractivity contribution >= 4 is 39.1 Å². The minimum atomic E-state index is -4.21. The van der Waals surface area contributed by atoms with Gasteiger partial charge in [-0.25, -0.2) is 12.8 Å². The number of carbonyl (C=O) groups excluding carboxylic acids is 2. The molecule has 3 aromatic rings. The van der Waals surface area contributed by atoms with Crippen molar-refractivity contribution in [3.63, 3.8) is 0 Å². The summed E-state index contributed by atoms with van der Waals surface area (Å²) in [5, 5.41) is 3.33. The smallest absolute Gasteiger partial charge is 0.264 e. The molecule has 0 heterocycles. The van der Waals surface area contributed by atoms with Crippen molar-refractivity contribution in [3.8, 4) is 0 Å². The number of halogens is 2. The molecule has 202 valence electrons. The molecule has 0 radical (unpaired) electrons. The Labute approximate surface area is 228 Å². The van der Waals surface area contributed by atoms with Crippen LogP contribution in [-0.2, 0) is 26.2 Å². The van der Waals surface area contributed by atoms with Gasteiger partial charge in [-0.3, -0.25) is 13.9 Å². The molecule has 7 nitrogen and oxygen atoms in total. The summed E-state index contributed by atoms with van der Waals surface area (Å²) >= 11 is 6.14. The van der Waals surface area contributed by atoms with Gasteiger partial charge in [0.1, 0.15) is 18.4 Å². The fraction of sp³-hybridized carbons (Fsp3) is 0.286. The van der Waals surface area contributed by atoms with Gasteiger partial charge in [-0.1, -0.05) is 41.9 Å². The van der Waals surface area contributed by atoms with Crippen LogP contribution in [-0.4, -0.2) is 43.3 Å². The third-order valence-electron chi connectivity index (χ3n) is 5.63. The van der Waals surface area contributed by atoms with Gasteiger partial charge in [-0.05, 0) is 81.8 Å². The van der Waals surface area contributed by atoms with Crippen molar-refractivity contribution in [1.82, 2.24) is 10.2 Å². The quantitative estimate of drug-likeness (QED) is 0.399. The van der Waals surface area contributed by atoms with E-state index in [9.17, 15) is 22.4 Å². The summed E-state index contributed by atoms with van der Waals surface area (Å²) in [5.41, 5.74) is 0.228. The highest BCUT2D eigenvalue weighted by atomic mass is 35.5. The summed E-state index contributed by atoms with van der Waals surface area (Å²) in [7, 11) is -4.21. The molecule has 10 heteroatoms. The van der Waals surface area contributed by atoms with Crippen LogP contribution in [0.15, 0.2) is 83.8 Å². The standard InChI is InChI=1S/C28H31ClFN3O4S/c1-20(27(35)31-28(2,3)4)32(18-21-9-8-10-22(29)17-21)26(34)19-33(24-15-13-23(30)14-16-24)38(36,37)25-11-6-5-7-12-25/h5-17,20H,18-19H2,1-4H3,(H,31,35)/t20-/m1/s1. The lowest BCUT2D eigenvalue weighted by atomic mass is 10.1. The fourth-order valence-electron chi connectivity index (χ4n) is 3.74. The molecule has 3 rings (SSSR count). The minimum absolute atomic E-state index is 0.0146. The van der Waals surface area contributed by atoms with Crippen LogP contribution in [0.4, 0.5) is 10.1 Å². The van der Waals surface area contributed by atoms with Crippen LogP contribution < -0.4 is 9.62 Å². The highest BCUT2D eigenvalue weighted by Gasteiger charge is 2.33. The first-order valence-corrected chi connectivity index (χ1v) is 13.8. The van der Waals surface area contributed by atoms with Gasteiger partial charge in [0.05, 0.1) is 10.6 Å². The minimum Gasteiger partial charge on any atom is -0.350 e. The van der Waals surface area contributed by atoms with Crippen molar-refractivity contribution in [2.45, 2.75) is 50.7 Å². The molecule has 0 saturated carbocycles. The number of benzene rings is 3. The van der Waals surface area contributed by atoms with Gasteiger partial charge in [0, 0.05) is 17.1 Å². The van der Waals surface area contributed by atoms with Crippen LogP contribution in [0.3, 0.4) is 0 Å². The number of hydrogen-bond donors (Lipinski definition) is 1. The molecule has 0 fully saturated rings. The second-order valence-electron chi connectivity index (χ2n) is 9.87. The van der Waals surface area contributed by atoms with Gasteiger partial charge in [-0.2, -0.15) is 0 Å². The topological polar surface area (TPSA) is 86.8 Å². The predicted octanol–water partition coefficient (Wildman–Crippen LogP) is 5.01. The molecule has 2 amide bonds. The van der Waals surface area contributed by atoms with E-state index < -0.39 is 45.8 Å². The van der Waals surface area contributed by atoms with Crippen LogP contribution in [0.25, 0.3) is 0 Å². The van der Waals surface area contributed by atoms with Crippen molar-refractivity contribution in [1.29, 1.82) is 0 Å². The Hall–Kier alpha value is -3.43. The third-order valence-corrected chi connectivity index (χ3v) is 7.66. The lowest BCUT2D eigenvalue weighted by molar-refractivity contribution is -0.140. The summed E-state index contributed by atoms with van der Waals surface area (Å²) in [6.45, 7) is 6.45. The van der Waals surface area contributed by atoms with Crippen molar-refractivity contribution in [2.24, 2.45) is 0 Å². The molecule has 38 heavy (non-hydrogen) atoms. The number of sulfonamides is 1. The predicted molar refractivity (Wildman–Crippen MR) is 147 cm³/mol. The molecule has 0 unspecified atom stereocenters. The Morgan fingerprint density at radius 1 is 0.974 bits per heavy atom. The zero-order valence-corrected chi connectivity index (χ0v) is 23.3. The second kappa shape index (κ2) is 12.0. The molecule has 0 aliphatic heterocycles. The van der Waals surface area contributed by atoms with Gasteiger partial charge in [0.25, 0.3) is 10.0 Å². The van der Waals surface area contributed by atoms with Crippen LogP contribution in [0, 0.1) is 5.82 Å². The first-order valence-electron chi connectivity index (χ1n) is 12.0. The first-order chi connectivity index (χ1) is 17.8. The number of carbonyl (C=O) groups is 2. The number of hydrogen-bond acceptors (Lipinski definition) is 4. The lowest BCUT2D eigenvalue weighted by Crippen LogP contribution is -2.54. The first kappa shape index (κ1) is 29.1. The SMILES string of the molecule is C[C@H](C(=O)NC(C)(C)C)N(Cc1cccc(Cl)c1)C(=O)CN(c1ccc(F)cc1)S(=O)(=O)c1ccccc1. The fourth-order valence-corrected chi connectivity index (χ4v) is 5.39. The van der Waals surface area contributed by atoms with E-state index in [4.69, 9.17) is 11.6 Å². The molecule has 0 aliphatic carbocycles. The average Bonchev–Trinajstić information content (AvgIpc) is 2.85. The number of anilines is 1. The molecule has 0 aliphatic rings. The Kier molecular flexibility index (Phi) is 9.17. The summed E-state index contributed by atoms with van der Waals surface area (Å²) in [6.07, 6.45) is 0. The van der Waals surface area contributed by atoms with Gasteiger partial charge in [0.15, 0.2) is 0 Å². The summed E-state index contributed by atoms with van der Waals surface area (Å²) < 4.78 is 41.9. The van der Waals surface area contributed by atoms with Gasteiger partial charge in [0.2, 0.25) is 11.8 Å². The largest absolute Gasteiger partial charge is 0.350 e. The van der Waals surface area contributed by atoms with Crippen molar-refractivity contribution < 1.29 is 22.4 Å². The maximum atomic E-state index is 13.8. The Balaban J connectivity index is 2.02. The highest BCUT2D eigenvalue weighted by Crippen LogP contribution is 2.25. The lowest BCUT2D eigenvalue weighted by Gasteiger charge is -2.33. The highest BCUT2D eigenvalue weighted by molar-refractivity contribution is 7.92.